The zero-order valence-corrected chi connectivity index (χ0v) is 17.3. The molecule has 1 fully saturated rings. The molecule has 2 aromatic rings. The molecular formula is C23H24ClNO4. The number of aliphatic hydroxyl groups is 1. The van der Waals surface area contributed by atoms with E-state index in [2.05, 4.69) is 6.92 Å². The van der Waals surface area contributed by atoms with Crippen molar-refractivity contribution in [3.8, 4) is 0 Å². The summed E-state index contributed by atoms with van der Waals surface area (Å²) in [5.41, 5.74) is 2.42. The van der Waals surface area contributed by atoms with E-state index < -0.39 is 17.7 Å². The van der Waals surface area contributed by atoms with Crippen molar-refractivity contribution in [1.82, 2.24) is 4.90 Å². The summed E-state index contributed by atoms with van der Waals surface area (Å²) in [6, 6.07) is 13.7. The van der Waals surface area contributed by atoms with Crippen LogP contribution in [-0.4, -0.2) is 42.0 Å². The maximum atomic E-state index is 12.9. The van der Waals surface area contributed by atoms with Crippen LogP contribution in [0.4, 0.5) is 0 Å². The second kappa shape index (κ2) is 9.25. The average Bonchev–Trinajstić information content (AvgIpc) is 2.98. The molecule has 29 heavy (non-hydrogen) atoms. The van der Waals surface area contributed by atoms with Gasteiger partial charge in [-0.1, -0.05) is 54.9 Å². The number of nitrogens with zero attached hydrogens (tertiary/aromatic N) is 1. The Morgan fingerprint density at radius 3 is 2.52 bits per heavy atom. The third-order valence-corrected chi connectivity index (χ3v) is 5.32. The molecule has 0 radical (unpaired) electrons. The number of aryl methyl sites for hydroxylation is 1. The van der Waals surface area contributed by atoms with Crippen LogP contribution in [0.2, 0.25) is 5.02 Å². The Balaban J connectivity index is 2.11. The highest BCUT2D eigenvalue weighted by atomic mass is 35.5. The lowest BCUT2D eigenvalue weighted by molar-refractivity contribution is -0.140. The molecule has 1 N–H and O–H groups in total. The van der Waals surface area contributed by atoms with Gasteiger partial charge in [0, 0.05) is 30.8 Å². The smallest absolute Gasteiger partial charge is 0.295 e. The standard InChI is InChI=1S/C23H24ClNO4/c1-3-15-8-10-16(11-9-15)20-19(21(26)17-6-4-7-18(24)14-17)22(27)23(28)25(20)12-5-13-29-2/h4,6-11,14,20,26H,3,5,12-13H2,1-2H3/b21-19-. The topological polar surface area (TPSA) is 66.8 Å². The summed E-state index contributed by atoms with van der Waals surface area (Å²) in [7, 11) is 1.59. The molecule has 1 saturated heterocycles. The Kier molecular flexibility index (Phi) is 6.72. The number of aliphatic hydroxyl groups excluding tert-OH is 1. The first-order valence-corrected chi connectivity index (χ1v) is 9.97. The molecule has 1 atom stereocenters. The number of carbonyl (C=O) groups excluding carboxylic acids is 2. The molecule has 6 heteroatoms. The summed E-state index contributed by atoms with van der Waals surface area (Å²) in [6.45, 7) is 2.88. The Bertz CT molecular complexity index is 936. The summed E-state index contributed by atoms with van der Waals surface area (Å²) in [4.78, 5) is 27.2. The van der Waals surface area contributed by atoms with Crippen molar-refractivity contribution in [1.29, 1.82) is 0 Å². The van der Waals surface area contributed by atoms with Gasteiger partial charge >= 0.3 is 0 Å². The Labute approximate surface area is 175 Å². The molecule has 1 aliphatic heterocycles. The van der Waals surface area contributed by atoms with E-state index in [-0.39, 0.29) is 11.3 Å². The molecule has 1 heterocycles. The van der Waals surface area contributed by atoms with Gasteiger partial charge in [0.2, 0.25) is 0 Å². The molecule has 1 unspecified atom stereocenters. The van der Waals surface area contributed by atoms with Gasteiger partial charge in [-0.3, -0.25) is 9.59 Å². The maximum Gasteiger partial charge on any atom is 0.295 e. The fraction of sp³-hybridized carbons (Fsp3) is 0.304. The number of benzene rings is 2. The first kappa shape index (κ1) is 21.1. The fourth-order valence-corrected chi connectivity index (χ4v) is 3.75. The van der Waals surface area contributed by atoms with Crippen LogP contribution in [0.25, 0.3) is 5.76 Å². The van der Waals surface area contributed by atoms with Crippen LogP contribution in [-0.2, 0) is 20.7 Å². The fourth-order valence-electron chi connectivity index (χ4n) is 3.56. The Morgan fingerprint density at radius 1 is 1.17 bits per heavy atom. The van der Waals surface area contributed by atoms with Crippen LogP contribution in [0.3, 0.4) is 0 Å². The van der Waals surface area contributed by atoms with Gasteiger partial charge in [0.15, 0.2) is 0 Å². The van der Waals surface area contributed by atoms with E-state index in [0.717, 1.165) is 17.5 Å². The molecule has 1 amide bonds. The van der Waals surface area contributed by atoms with E-state index >= 15 is 0 Å². The van der Waals surface area contributed by atoms with Crippen molar-refractivity contribution < 1.29 is 19.4 Å². The number of methoxy groups -OCH3 is 1. The molecule has 0 aromatic heterocycles. The van der Waals surface area contributed by atoms with Gasteiger partial charge in [0.25, 0.3) is 11.7 Å². The number of rotatable bonds is 7. The number of Topliss-reactive ketones (excluding diaryl/α,β-unsaturated/α-hetero) is 1. The minimum atomic E-state index is -0.690. The third-order valence-electron chi connectivity index (χ3n) is 5.09. The number of carbonyl (C=O) groups is 2. The first-order chi connectivity index (χ1) is 14.0. The molecule has 1 aliphatic rings. The van der Waals surface area contributed by atoms with Crippen molar-refractivity contribution in [2.24, 2.45) is 0 Å². The van der Waals surface area contributed by atoms with E-state index in [4.69, 9.17) is 16.3 Å². The van der Waals surface area contributed by atoms with Crippen molar-refractivity contribution in [3.63, 3.8) is 0 Å². The van der Waals surface area contributed by atoms with E-state index in [1.54, 1.807) is 31.4 Å². The van der Waals surface area contributed by atoms with E-state index in [1.807, 2.05) is 24.3 Å². The monoisotopic (exact) mass is 413 g/mol. The van der Waals surface area contributed by atoms with Gasteiger partial charge in [-0.25, -0.2) is 0 Å². The molecule has 0 saturated carbocycles. The van der Waals surface area contributed by atoms with Crippen molar-refractivity contribution in [2.75, 3.05) is 20.3 Å². The van der Waals surface area contributed by atoms with Crippen LogP contribution in [0.1, 0.15) is 36.1 Å². The van der Waals surface area contributed by atoms with Gasteiger partial charge < -0.3 is 14.7 Å². The summed E-state index contributed by atoms with van der Waals surface area (Å²) in [5.74, 6) is -1.52. The summed E-state index contributed by atoms with van der Waals surface area (Å²) in [6.07, 6.45) is 1.47. The average molecular weight is 414 g/mol. The molecule has 0 spiro atoms. The molecule has 5 nitrogen and oxygen atoms in total. The minimum Gasteiger partial charge on any atom is -0.507 e. The number of halogens is 1. The van der Waals surface area contributed by atoms with Crippen molar-refractivity contribution in [3.05, 3.63) is 75.8 Å². The number of ketones is 1. The SMILES string of the molecule is CCc1ccc(C2/C(=C(/O)c3cccc(Cl)c3)C(=O)C(=O)N2CCCOC)cc1. The minimum absolute atomic E-state index is 0.0823. The predicted molar refractivity (Wildman–Crippen MR) is 113 cm³/mol. The highest BCUT2D eigenvalue weighted by Gasteiger charge is 2.45. The number of likely N-dealkylation sites (tertiary alicyclic amines) is 1. The molecule has 2 aromatic carbocycles. The Hall–Kier alpha value is -2.63. The molecule has 152 valence electrons. The lowest BCUT2D eigenvalue weighted by atomic mass is 9.94. The Morgan fingerprint density at radius 2 is 1.90 bits per heavy atom. The lowest BCUT2D eigenvalue weighted by Crippen LogP contribution is -2.31. The van der Waals surface area contributed by atoms with Crippen LogP contribution >= 0.6 is 11.6 Å². The van der Waals surface area contributed by atoms with E-state index in [1.165, 1.54) is 4.90 Å². The third kappa shape index (κ3) is 4.36. The first-order valence-electron chi connectivity index (χ1n) is 9.60. The van der Waals surface area contributed by atoms with E-state index in [0.29, 0.717) is 30.2 Å². The van der Waals surface area contributed by atoms with Crippen molar-refractivity contribution >= 4 is 29.1 Å². The lowest BCUT2D eigenvalue weighted by Gasteiger charge is -2.25. The van der Waals surface area contributed by atoms with Gasteiger partial charge in [-0.2, -0.15) is 0 Å². The zero-order valence-electron chi connectivity index (χ0n) is 16.5. The van der Waals surface area contributed by atoms with Gasteiger partial charge in [-0.15, -0.1) is 0 Å². The van der Waals surface area contributed by atoms with Gasteiger partial charge in [0.1, 0.15) is 5.76 Å². The molecule has 0 aliphatic carbocycles. The number of hydrogen-bond donors (Lipinski definition) is 1. The molecule has 3 rings (SSSR count). The number of hydrogen-bond acceptors (Lipinski definition) is 4. The predicted octanol–water partition coefficient (Wildman–Crippen LogP) is 4.36. The van der Waals surface area contributed by atoms with Crippen LogP contribution in [0.5, 0.6) is 0 Å². The summed E-state index contributed by atoms with van der Waals surface area (Å²) >= 11 is 6.05. The quantitative estimate of drug-likeness (QED) is 0.317. The second-order valence-electron chi connectivity index (χ2n) is 6.94. The highest BCUT2D eigenvalue weighted by molar-refractivity contribution is 6.46. The number of ether oxygens (including phenoxy) is 1. The number of amides is 1. The maximum absolute atomic E-state index is 12.9. The largest absolute Gasteiger partial charge is 0.507 e. The summed E-state index contributed by atoms with van der Waals surface area (Å²) in [5, 5.41) is 11.4. The zero-order chi connectivity index (χ0) is 21.0. The second-order valence-corrected chi connectivity index (χ2v) is 7.38. The molecular weight excluding hydrogens is 390 g/mol. The van der Waals surface area contributed by atoms with Crippen LogP contribution in [0, 0.1) is 0 Å². The van der Waals surface area contributed by atoms with Crippen molar-refractivity contribution in [2.45, 2.75) is 25.8 Å². The normalized spacial score (nSPS) is 18.4. The highest BCUT2D eigenvalue weighted by Crippen LogP contribution is 2.39. The van der Waals surface area contributed by atoms with Gasteiger partial charge in [-0.05, 0) is 36.1 Å². The van der Waals surface area contributed by atoms with Crippen LogP contribution in [0.15, 0.2) is 54.1 Å². The van der Waals surface area contributed by atoms with Gasteiger partial charge in [0.05, 0.1) is 11.6 Å². The summed E-state index contributed by atoms with van der Waals surface area (Å²) < 4.78 is 5.09. The molecule has 0 bridgehead atoms. The van der Waals surface area contributed by atoms with E-state index in [9.17, 15) is 14.7 Å². The van der Waals surface area contributed by atoms with Crippen LogP contribution < -0.4 is 0 Å².